The third-order valence-electron chi connectivity index (χ3n) is 14.1. The van der Waals surface area contributed by atoms with Crippen LogP contribution in [0, 0.1) is 23.7 Å². The number of piperidine rings is 2. The van der Waals surface area contributed by atoms with Gasteiger partial charge in [-0.25, -0.2) is 4.79 Å². The van der Waals surface area contributed by atoms with E-state index in [9.17, 15) is 14.4 Å². The molecular weight excluding hydrogens is 885 g/mol. The van der Waals surface area contributed by atoms with E-state index in [1.165, 1.54) is 75.3 Å². The van der Waals surface area contributed by atoms with Crippen molar-refractivity contribution in [1.82, 2.24) is 15.5 Å². The fraction of sp³-hybridized carbons (Fsp3) is 0.737. The van der Waals surface area contributed by atoms with Gasteiger partial charge in [0.25, 0.3) is 0 Å². The highest BCUT2D eigenvalue weighted by Gasteiger charge is 2.32. The minimum Gasteiger partial charge on any atom is -0.481 e. The van der Waals surface area contributed by atoms with E-state index in [-0.39, 0.29) is 36.6 Å². The minimum absolute atomic E-state index is 0.00816. The Labute approximate surface area is 422 Å². The first-order chi connectivity index (χ1) is 33.8. The molecule has 0 bridgehead atoms. The smallest absolute Gasteiger partial charge is 0.407 e. The lowest BCUT2D eigenvalue weighted by molar-refractivity contribution is -0.138. The van der Waals surface area contributed by atoms with Gasteiger partial charge < -0.3 is 50.1 Å². The number of hydrogen-bond donors (Lipinski definition) is 4. The van der Waals surface area contributed by atoms with Crippen molar-refractivity contribution < 1.29 is 43.2 Å². The molecule has 2 saturated carbocycles. The van der Waals surface area contributed by atoms with E-state index >= 15 is 0 Å². The first-order valence-corrected chi connectivity index (χ1v) is 27.1. The summed E-state index contributed by atoms with van der Waals surface area (Å²) in [5.41, 5.74) is 8.34. The molecule has 2 aliphatic carbocycles. The molecule has 2 aromatic rings. The van der Waals surface area contributed by atoms with Gasteiger partial charge in [-0.1, -0.05) is 125 Å². The van der Waals surface area contributed by atoms with E-state index in [0.29, 0.717) is 43.3 Å². The number of alkyl carbamates (subject to hydrolysis) is 1. The number of amides is 2. The Bertz CT molecular complexity index is 1680. The topological polar surface area (TPSA) is 171 Å². The molecule has 0 radical (unpaired) electrons. The largest absolute Gasteiger partial charge is 0.481 e. The maximum atomic E-state index is 13.0. The molecule has 2 saturated heterocycles. The molecule has 70 heavy (non-hydrogen) atoms. The Kier molecular flexibility index (Phi) is 28.6. The van der Waals surface area contributed by atoms with Crippen molar-refractivity contribution in [2.24, 2.45) is 29.4 Å². The zero-order valence-corrected chi connectivity index (χ0v) is 43.9. The average Bonchev–Trinajstić information content (AvgIpc) is 3.35. The number of aliphatic carboxylic acids is 1. The third-order valence-corrected chi connectivity index (χ3v) is 14.1. The van der Waals surface area contributed by atoms with Gasteiger partial charge in [-0.2, -0.15) is 0 Å². The van der Waals surface area contributed by atoms with Crippen LogP contribution in [-0.2, 0) is 33.3 Å². The molecule has 5 N–H and O–H groups in total. The van der Waals surface area contributed by atoms with Crippen LogP contribution in [0.1, 0.15) is 173 Å². The second kappa shape index (κ2) is 33.9. The zero-order valence-electron chi connectivity index (χ0n) is 43.9. The van der Waals surface area contributed by atoms with Gasteiger partial charge in [-0.15, -0.1) is 0 Å². The van der Waals surface area contributed by atoms with Crippen molar-refractivity contribution in [2.75, 3.05) is 66.8 Å². The Hall–Kier alpha value is -3.59. The number of hydrogen-bond acceptors (Lipinski definition) is 10. The number of carbonyl (C=O) groups excluding carboxylic acids is 2. The Morgan fingerprint density at radius 3 is 1.73 bits per heavy atom. The number of nitrogens with zero attached hydrogens (tertiary/aromatic N) is 1. The molecule has 6 rings (SSSR count). The Morgan fingerprint density at radius 2 is 1.23 bits per heavy atom. The molecule has 13 heteroatoms. The highest BCUT2D eigenvalue weighted by Crippen LogP contribution is 2.35. The molecule has 0 aromatic heterocycles. The monoisotopic (exact) mass is 979 g/mol. The number of rotatable bonds is 23. The molecule has 4 unspecified atom stereocenters. The quantitative estimate of drug-likeness (QED) is 0.0781. The molecule has 6 atom stereocenters. The number of carbonyl (C=O) groups is 3. The lowest BCUT2D eigenvalue weighted by Gasteiger charge is -2.37. The van der Waals surface area contributed by atoms with E-state index in [2.05, 4.69) is 65.2 Å². The third kappa shape index (κ3) is 24.2. The number of nitrogens with one attached hydrogen (secondary N) is 2. The van der Waals surface area contributed by atoms with E-state index in [4.69, 9.17) is 34.5 Å². The molecule has 2 heterocycles. The van der Waals surface area contributed by atoms with E-state index in [1.807, 2.05) is 11.0 Å². The van der Waals surface area contributed by atoms with Crippen molar-refractivity contribution in [3.8, 4) is 0 Å². The summed E-state index contributed by atoms with van der Waals surface area (Å²) in [5.74, 6) is 1.47. The number of ether oxygens (including phenoxy) is 5. The summed E-state index contributed by atoms with van der Waals surface area (Å²) in [6.45, 7) is 12.1. The maximum absolute atomic E-state index is 13.0. The highest BCUT2D eigenvalue weighted by atomic mass is 16.6. The first-order valence-electron chi connectivity index (χ1n) is 27.1. The van der Waals surface area contributed by atoms with Crippen LogP contribution >= 0.6 is 0 Å². The predicted molar refractivity (Wildman–Crippen MR) is 279 cm³/mol. The number of benzene rings is 2. The second-order valence-electron chi connectivity index (χ2n) is 21.3. The fourth-order valence-corrected chi connectivity index (χ4v) is 10.7. The van der Waals surface area contributed by atoms with E-state index in [0.717, 1.165) is 90.8 Å². The number of nitrogens with two attached hydrogens (primary N) is 1. The molecule has 2 aliphatic heterocycles. The van der Waals surface area contributed by atoms with Crippen LogP contribution in [0.2, 0.25) is 0 Å². The fourth-order valence-electron chi connectivity index (χ4n) is 10.7. The summed E-state index contributed by atoms with van der Waals surface area (Å²) in [5, 5.41) is 15.2. The summed E-state index contributed by atoms with van der Waals surface area (Å²) in [7, 11) is 3.46. The van der Waals surface area contributed by atoms with Crippen molar-refractivity contribution in [3.63, 3.8) is 0 Å². The standard InChI is InChI=1S/C26H42N2O3.C16H25NO2.C15H27NO4/c1-30-16-9-17-31-26(22-12-6-3-7-13-22)23-14-8-15-28(20-23)25(29)19-24(27)18-21-10-4-2-5-11-21;1-18-11-6-12-19-16(14-7-3-2-4-8-14)15-9-5-10-17-13-15;1-15(2,3)20-14(19)16-12(10-13(17)18)9-11-7-5-4-6-8-11/h3,6-7,12-13,21,23-24,26H,2,4-5,8-11,14-20,27H2,1H3;2-4,7-8,15-17H,5-6,9-13H2,1H3;11-12H,4-10H2,1-3H3,(H,16,19)(H,17,18)/t23?,24-,26?;;12-/m1.1/s1. The number of carboxylic acid groups (broad SMARTS) is 1. The predicted octanol–water partition coefficient (Wildman–Crippen LogP) is 10.8. The summed E-state index contributed by atoms with van der Waals surface area (Å²) >= 11 is 0. The molecular formula is C57H94N4O9. The van der Waals surface area contributed by atoms with Gasteiger partial charge in [0.15, 0.2) is 0 Å². The van der Waals surface area contributed by atoms with Gasteiger partial charge in [0, 0.05) is 90.6 Å². The van der Waals surface area contributed by atoms with E-state index in [1.54, 1.807) is 35.0 Å². The summed E-state index contributed by atoms with van der Waals surface area (Å²) < 4.78 is 27.9. The molecule has 0 spiro atoms. The van der Waals surface area contributed by atoms with Gasteiger partial charge in [0.2, 0.25) is 5.91 Å². The Morgan fingerprint density at radius 1 is 0.700 bits per heavy atom. The van der Waals surface area contributed by atoms with Crippen molar-refractivity contribution in [2.45, 2.75) is 179 Å². The van der Waals surface area contributed by atoms with Crippen molar-refractivity contribution >= 4 is 18.0 Å². The first kappa shape index (κ1) is 59.0. The molecule has 396 valence electrons. The number of likely N-dealkylation sites (tertiary alicyclic amines) is 1. The molecule has 2 aromatic carbocycles. The van der Waals surface area contributed by atoms with Crippen LogP contribution in [0.25, 0.3) is 0 Å². The molecule has 2 amide bonds. The van der Waals surface area contributed by atoms with Crippen molar-refractivity contribution in [3.05, 3.63) is 71.8 Å². The van der Waals surface area contributed by atoms with Crippen LogP contribution in [0.15, 0.2) is 60.7 Å². The zero-order chi connectivity index (χ0) is 50.4. The SMILES string of the molecule is CC(C)(C)OC(=O)N[C@@H](CC(=O)O)CC1CCCCC1.COCCCOC(c1ccccc1)C1CCCN(C(=O)C[C@H](N)CC2CCCCC2)C1.COCCCOC(c1ccccc1)C1CCCNC1. The van der Waals surface area contributed by atoms with Gasteiger partial charge in [-0.3, -0.25) is 9.59 Å². The maximum Gasteiger partial charge on any atom is 0.407 e. The van der Waals surface area contributed by atoms with Gasteiger partial charge in [0.05, 0.1) is 18.6 Å². The van der Waals surface area contributed by atoms with Gasteiger partial charge in [-0.05, 0) is 102 Å². The normalized spacial score (nSPS) is 20.9. The summed E-state index contributed by atoms with van der Waals surface area (Å²) in [4.78, 5) is 37.8. The molecule has 4 fully saturated rings. The van der Waals surface area contributed by atoms with E-state index < -0.39 is 17.7 Å². The number of methoxy groups -OCH3 is 2. The molecule has 13 nitrogen and oxygen atoms in total. The van der Waals surface area contributed by atoms with Crippen LogP contribution in [0.3, 0.4) is 0 Å². The second-order valence-corrected chi connectivity index (χ2v) is 21.3. The van der Waals surface area contributed by atoms with Gasteiger partial charge >= 0.3 is 12.1 Å². The van der Waals surface area contributed by atoms with Crippen LogP contribution in [0.4, 0.5) is 4.79 Å². The van der Waals surface area contributed by atoms with Crippen LogP contribution in [0.5, 0.6) is 0 Å². The Balaban J connectivity index is 0.000000239. The van der Waals surface area contributed by atoms with Crippen molar-refractivity contribution in [1.29, 1.82) is 0 Å². The molecule has 4 aliphatic rings. The number of carboxylic acids is 1. The summed E-state index contributed by atoms with van der Waals surface area (Å²) in [6, 6.07) is 20.7. The summed E-state index contributed by atoms with van der Waals surface area (Å²) in [6.07, 6.45) is 20.8. The van der Waals surface area contributed by atoms with Gasteiger partial charge in [0.1, 0.15) is 5.60 Å². The lowest BCUT2D eigenvalue weighted by atomic mass is 9.84. The van der Waals surface area contributed by atoms with Crippen LogP contribution < -0.4 is 16.4 Å². The van der Waals surface area contributed by atoms with Crippen LogP contribution in [-0.4, -0.2) is 112 Å². The highest BCUT2D eigenvalue weighted by molar-refractivity contribution is 5.77. The average molecular weight is 979 g/mol. The lowest BCUT2D eigenvalue weighted by Crippen LogP contribution is -2.44. The minimum atomic E-state index is -0.887.